The van der Waals surface area contributed by atoms with Crippen LogP contribution in [0.4, 0.5) is 0 Å². The molecule has 0 fully saturated rings. The molecule has 5 heteroatoms. The summed E-state index contributed by atoms with van der Waals surface area (Å²) in [4.78, 5) is 0. The monoisotopic (exact) mass is 276 g/mol. The van der Waals surface area contributed by atoms with Gasteiger partial charge < -0.3 is 19.3 Å². The normalized spacial score (nSPS) is 12.2. The van der Waals surface area contributed by atoms with Gasteiger partial charge in [-0.15, -0.1) is 0 Å². The molecule has 1 N–H and O–H groups in total. The summed E-state index contributed by atoms with van der Waals surface area (Å²) < 4.78 is 15.8. The Bertz CT molecular complexity index is 566. The minimum atomic E-state index is 0.102. The predicted molar refractivity (Wildman–Crippen MR) is 76.0 cm³/mol. The first-order valence-corrected chi connectivity index (χ1v) is 6.51. The molecular formula is C15H20N2O3. The van der Waals surface area contributed by atoms with E-state index >= 15 is 0 Å². The average Bonchev–Trinajstić information content (AvgIpc) is 2.89. The Morgan fingerprint density at radius 1 is 1.25 bits per heavy atom. The van der Waals surface area contributed by atoms with Gasteiger partial charge in [0.05, 0.1) is 26.5 Å². The fourth-order valence-electron chi connectivity index (χ4n) is 2.04. The number of benzene rings is 1. The number of hydrogen-bond donors (Lipinski definition) is 1. The Balaban J connectivity index is 2.09. The van der Waals surface area contributed by atoms with Crippen LogP contribution in [0.1, 0.15) is 30.0 Å². The van der Waals surface area contributed by atoms with Gasteiger partial charge in [0.25, 0.3) is 0 Å². The molecule has 1 atom stereocenters. The van der Waals surface area contributed by atoms with E-state index < -0.39 is 0 Å². The van der Waals surface area contributed by atoms with Gasteiger partial charge >= 0.3 is 0 Å². The molecule has 108 valence electrons. The van der Waals surface area contributed by atoms with Crippen LogP contribution in [0.25, 0.3) is 0 Å². The van der Waals surface area contributed by atoms with Crippen molar-refractivity contribution < 1.29 is 14.0 Å². The molecule has 0 aliphatic heterocycles. The van der Waals surface area contributed by atoms with Crippen molar-refractivity contribution in [2.75, 3.05) is 14.2 Å². The van der Waals surface area contributed by atoms with Gasteiger partial charge in [-0.25, -0.2) is 0 Å². The molecule has 1 unspecified atom stereocenters. The molecule has 2 aromatic rings. The van der Waals surface area contributed by atoms with E-state index in [1.54, 1.807) is 14.2 Å². The maximum absolute atomic E-state index is 5.39. The van der Waals surface area contributed by atoms with Gasteiger partial charge in [0.15, 0.2) is 5.76 Å². The van der Waals surface area contributed by atoms with E-state index in [1.165, 1.54) is 0 Å². The summed E-state index contributed by atoms with van der Waals surface area (Å²) in [5, 5.41) is 7.25. The van der Waals surface area contributed by atoms with Crippen molar-refractivity contribution in [3.8, 4) is 11.5 Å². The zero-order chi connectivity index (χ0) is 14.5. The molecule has 0 aliphatic rings. The van der Waals surface area contributed by atoms with Gasteiger partial charge in [0.2, 0.25) is 0 Å². The lowest BCUT2D eigenvalue weighted by molar-refractivity contribution is 0.358. The molecule has 0 saturated heterocycles. The number of aryl methyl sites for hydroxylation is 1. The van der Waals surface area contributed by atoms with E-state index in [9.17, 15) is 0 Å². The highest BCUT2D eigenvalue weighted by Gasteiger charge is 2.13. The fourth-order valence-corrected chi connectivity index (χ4v) is 2.04. The third-order valence-corrected chi connectivity index (χ3v) is 3.16. The molecule has 0 amide bonds. The first-order valence-electron chi connectivity index (χ1n) is 6.51. The maximum Gasteiger partial charge on any atom is 0.150 e. The Kier molecular flexibility index (Phi) is 4.63. The van der Waals surface area contributed by atoms with Gasteiger partial charge in [0.1, 0.15) is 11.5 Å². The van der Waals surface area contributed by atoms with Gasteiger partial charge in [-0.2, -0.15) is 0 Å². The Morgan fingerprint density at radius 3 is 2.65 bits per heavy atom. The van der Waals surface area contributed by atoms with E-state index in [0.29, 0.717) is 6.54 Å². The minimum Gasteiger partial charge on any atom is -0.497 e. The van der Waals surface area contributed by atoms with Gasteiger partial charge in [-0.05, 0) is 32.0 Å². The van der Waals surface area contributed by atoms with Crippen LogP contribution >= 0.6 is 0 Å². The summed E-state index contributed by atoms with van der Waals surface area (Å²) in [5.74, 6) is 2.46. The topological polar surface area (TPSA) is 56.5 Å². The second-order valence-corrected chi connectivity index (χ2v) is 4.65. The summed E-state index contributed by atoms with van der Waals surface area (Å²) in [6, 6.07) is 7.79. The van der Waals surface area contributed by atoms with Crippen LogP contribution in [0.2, 0.25) is 0 Å². The van der Waals surface area contributed by atoms with Crippen LogP contribution in [0, 0.1) is 6.92 Å². The van der Waals surface area contributed by atoms with Crippen molar-refractivity contribution in [2.24, 2.45) is 0 Å². The van der Waals surface area contributed by atoms with E-state index in [1.807, 2.05) is 31.2 Å². The highest BCUT2D eigenvalue weighted by Crippen LogP contribution is 2.29. The summed E-state index contributed by atoms with van der Waals surface area (Å²) in [7, 11) is 3.32. The SMILES string of the molecule is COc1ccc(OC)c(C(C)NCc2cc(C)no2)c1. The summed E-state index contributed by atoms with van der Waals surface area (Å²) in [6.07, 6.45) is 0. The molecule has 0 bridgehead atoms. The molecule has 0 spiro atoms. The van der Waals surface area contributed by atoms with Crippen LogP contribution in [0.15, 0.2) is 28.8 Å². The molecule has 0 radical (unpaired) electrons. The fraction of sp³-hybridized carbons (Fsp3) is 0.400. The Morgan fingerprint density at radius 2 is 2.05 bits per heavy atom. The zero-order valence-corrected chi connectivity index (χ0v) is 12.3. The number of ether oxygens (including phenoxy) is 2. The average molecular weight is 276 g/mol. The molecule has 20 heavy (non-hydrogen) atoms. The van der Waals surface area contributed by atoms with Crippen molar-refractivity contribution in [1.82, 2.24) is 10.5 Å². The van der Waals surface area contributed by atoms with Crippen molar-refractivity contribution >= 4 is 0 Å². The van der Waals surface area contributed by atoms with Crippen LogP contribution in [-0.2, 0) is 6.54 Å². The summed E-state index contributed by atoms with van der Waals surface area (Å²) >= 11 is 0. The first-order chi connectivity index (χ1) is 9.63. The summed E-state index contributed by atoms with van der Waals surface area (Å²) in [6.45, 7) is 4.59. The highest BCUT2D eigenvalue weighted by molar-refractivity contribution is 5.42. The van der Waals surface area contributed by atoms with Crippen LogP contribution < -0.4 is 14.8 Å². The lowest BCUT2D eigenvalue weighted by atomic mass is 10.1. The third kappa shape index (κ3) is 3.30. The van der Waals surface area contributed by atoms with Crippen molar-refractivity contribution in [2.45, 2.75) is 26.4 Å². The smallest absolute Gasteiger partial charge is 0.150 e. The van der Waals surface area contributed by atoms with E-state index in [-0.39, 0.29) is 6.04 Å². The largest absolute Gasteiger partial charge is 0.497 e. The van der Waals surface area contributed by atoms with Gasteiger partial charge in [0, 0.05) is 17.7 Å². The minimum absolute atomic E-state index is 0.102. The van der Waals surface area contributed by atoms with Crippen LogP contribution in [0.5, 0.6) is 11.5 Å². The van der Waals surface area contributed by atoms with Crippen molar-refractivity contribution in [3.63, 3.8) is 0 Å². The van der Waals surface area contributed by atoms with Crippen LogP contribution in [-0.4, -0.2) is 19.4 Å². The highest BCUT2D eigenvalue weighted by atomic mass is 16.5. The van der Waals surface area contributed by atoms with Gasteiger partial charge in [-0.3, -0.25) is 0 Å². The van der Waals surface area contributed by atoms with Crippen molar-refractivity contribution in [1.29, 1.82) is 0 Å². The molecule has 0 aliphatic carbocycles. The number of methoxy groups -OCH3 is 2. The maximum atomic E-state index is 5.39. The molecule has 2 rings (SSSR count). The number of nitrogens with zero attached hydrogens (tertiary/aromatic N) is 1. The third-order valence-electron chi connectivity index (χ3n) is 3.16. The quantitative estimate of drug-likeness (QED) is 0.879. The standard InChI is InChI=1S/C15H20N2O3/c1-10-7-13(20-17-10)9-16-11(2)14-8-12(18-3)5-6-15(14)19-4/h5-8,11,16H,9H2,1-4H3. The molecule has 1 aromatic carbocycles. The molecule has 5 nitrogen and oxygen atoms in total. The first kappa shape index (κ1) is 14.4. The molecule has 1 heterocycles. The number of aromatic nitrogens is 1. The lowest BCUT2D eigenvalue weighted by Gasteiger charge is -2.17. The van der Waals surface area contributed by atoms with E-state index in [0.717, 1.165) is 28.5 Å². The van der Waals surface area contributed by atoms with Crippen LogP contribution in [0.3, 0.4) is 0 Å². The molecule has 1 aromatic heterocycles. The molecular weight excluding hydrogens is 256 g/mol. The molecule has 0 saturated carbocycles. The number of nitrogens with one attached hydrogen (secondary N) is 1. The lowest BCUT2D eigenvalue weighted by Crippen LogP contribution is -2.18. The number of rotatable bonds is 6. The number of hydrogen-bond acceptors (Lipinski definition) is 5. The van der Waals surface area contributed by atoms with E-state index in [4.69, 9.17) is 14.0 Å². The second kappa shape index (κ2) is 6.43. The summed E-state index contributed by atoms with van der Waals surface area (Å²) in [5.41, 5.74) is 1.93. The predicted octanol–water partition coefficient (Wildman–Crippen LogP) is 2.85. The second-order valence-electron chi connectivity index (χ2n) is 4.65. The van der Waals surface area contributed by atoms with Crippen molar-refractivity contribution in [3.05, 3.63) is 41.3 Å². The van der Waals surface area contributed by atoms with Gasteiger partial charge in [-0.1, -0.05) is 5.16 Å². The zero-order valence-electron chi connectivity index (χ0n) is 12.3. The Hall–Kier alpha value is -2.01. The Labute approximate surface area is 118 Å². The van der Waals surface area contributed by atoms with E-state index in [2.05, 4.69) is 17.4 Å².